The van der Waals surface area contributed by atoms with E-state index in [0.717, 1.165) is 11.1 Å². The first kappa shape index (κ1) is 26.3. The van der Waals surface area contributed by atoms with Gasteiger partial charge in [-0.1, -0.05) is 18.2 Å². The van der Waals surface area contributed by atoms with Crippen LogP contribution >= 0.6 is 0 Å². The molecule has 0 radical (unpaired) electrons. The van der Waals surface area contributed by atoms with Gasteiger partial charge < -0.3 is 19.9 Å². The van der Waals surface area contributed by atoms with E-state index in [1.165, 1.54) is 18.6 Å². The summed E-state index contributed by atoms with van der Waals surface area (Å²) in [5.74, 6) is -0.121. The summed E-state index contributed by atoms with van der Waals surface area (Å²) in [6.07, 6.45) is 9.51. The van der Waals surface area contributed by atoms with E-state index in [0.29, 0.717) is 64.3 Å². The van der Waals surface area contributed by atoms with Crippen molar-refractivity contribution in [3.63, 3.8) is 0 Å². The molecule has 10 heteroatoms. The summed E-state index contributed by atoms with van der Waals surface area (Å²) in [7, 11) is 0. The number of pyridine rings is 1. The summed E-state index contributed by atoms with van der Waals surface area (Å²) in [6.45, 7) is 2.39. The quantitative estimate of drug-likeness (QED) is 0.551. The number of fused-ring (bicyclic) bond motifs is 4. The van der Waals surface area contributed by atoms with Crippen molar-refractivity contribution in [2.45, 2.75) is 25.2 Å². The Balaban J connectivity index is 1.30. The lowest BCUT2D eigenvalue weighted by Gasteiger charge is -2.24. The molecule has 2 aliphatic rings. The number of likely N-dealkylation sites (tertiary alicyclic amines) is 1. The molecular weight excluding hydrogens is 496 g/mol. The third-order valence-electron chi connectivity index (χ3n) is 7.25. The zero-order valence-electron chi connectivity index (χ0n) is 21.7. The van der Waals surface area contributed by atoms with Gasteiger partial charge in [-0.05, 0) is 42.2 Å². The molecule has 3 amide bonds. The van der Waals surface area contributed by atoms with Gasteiger partial charge in [0.05, 0.1) is 18.7 Å². The molecule has 2 bridgehead atoms. The van der Waals surface area contributed by atoms with Crippen LogP contribution in [0.2, 0.25) is 0 Å². The highest BCUT2D eigenvalue weighted by Gasteiger charge is 2.40. The maximum Gasteiger partial charge on any atom is 0.274 e. The maximum absolute atomic E-state index is 13.4. The molecule has 1 N–H and O–H groups in total. The van der Waals surface area contributed by atoms with E-state index in [1.54, 1.807) is 22.2 Å². The number of rotatable bonds is 4. The normalized spacial score (nSPS) is 19.8. The third kappa shape index (κ3) is 6.57. The zero-order chi connectivity index (χ0) is 27.0. The van der Waals surface area contributed by atoms with E-state index in [1.807, 2.05) is 36.4 Å². The number of aryl methyl sites for hydroxylation is 1. The van der Waals surface area contributed by atoms with Crippen molar-refractivity contribution in [3.8, 4) is 5.75 Å². The van der Waals surface area contributed by atoms with Crippen molar-refractivity contribution in [1.82, 2.24) is 30.1 Å². The van der Waals surface area contributed by atoms with E-state index >= 15 is 0 Å². The van der Waals surface area contributed by atoms with Crippen LogP contribution in [0.5, 0.6) is 5.75 Å². The predicted octanol–water partition coefficient (Wildman–Crippen LogP) is 2.09. The Bertz CT molecular complexity index is 1290. The zero-order valence-corrected chi connectivity index (χ0v) is 21.7. The number of amides is 3. The van der Waals surface area contributed by atoms with Crippen LogP contribution in [-0.2, 0) is 16.0 Å². The van der Waals surface area contributed by atoms with Crippen molar-refractivity contribution in [3.05, 3.63) is 84.2 Å². The summed E-state index contributed by atoms with van der Waals surface area (Å²) in [5.41, 5.74) is 2.24. The van der Waals surface area contributed by atoms with Gasteiger partial charge in [0.2, 0.25) is 11.8 Å². The van der Waals surface area contributed by atoms with Crippen LogP contribution in [0, 0.1) is 5.92 Å². The van der Waals surface area contributed by atoms with E-state index in [2.05, 4.69) is 20.3 Å². The molecule has 0 spiro atoms. The minimum absolute atomic E-state index is 0.0302. The van der Waals surface area contributed by atoms with E-state index in [-0.39, 0.29) is 35.3 Å². The SMILES string of the molecule is O=C1NCCCN(C(=O)c2cnccn2)CCOc2cccc(c2)[C@H]2CN(C(=O)CCc3cccnc3)C[C@H]12. The second kappa shape index (κ2) is 12.5. The van der Waals surface area contributed by atoms with Gasteiger partial charge in [-0.2, -0.15) is 0 Å². The topological polar surface area (TPSA) is 118 Å². The molecule has 2 aromatic heterocycles. The molecule has 3 aromatic rings. The van der Waals surface area contributed by atoms with Crippen molar-refractivity contribution >= 4 is 17.7 Å². The Labute approximate surface area is 227 Å². The number of hydrogen-bond donors (Lipinski definition) is 1. The second-order valence-corrected chi connectivity index (χ2v) is 9.82. The lowest BCUT2D eigenvalue weighted by atomic mass is 9.88. The van der Waals surface area contributed by atoms with Crippen LogP contribution < -0.4 is 10.1 Å². The minimum Gasteiger partial charge on any atom is -0.492 e. The van der Waals surface area contributed by atoms with Crippen LogP contribution in [0.4, 0.5) is 0 Å². The van der Waals surface area contributed by atoms with E-state index in [4.69, 9.17) is 4.74 Å². The van der Waals surface area contributed by atoms with Gasteiger partial charge in [0.25, 0.3) is 5.91 Å². The monoisotopic (exact) mass is 528 g/mol. The van der Waals surface area contributed by atoms with Gasteiger partial charge >= 0.3 is 0 Å². The highest BCUT2D eigenvalue weighted by atomic mass is 16.5. The number of aromatic nitrogens is 3. The van der Waals surface area contributed by atoms with Crippen molar-refractivity contribution in [2.24, 2.45) is 5.92 Å². The summed E-state index contributed by atoms with van der Waals surface area (Å²) in [6, 6.07) is 11.5. The standard InChI is InChI=1S/C29H32N6O4/c36-27(8-7-21-4-2-9-30-17-21)35-19-24-22-5-1-6-23(16-22)39-15-14-34(29(38)26-18-31-11-12-32-26)13-3-10-33-28(37)25(24)20-35/h1-2,4-6,9,11-12,16-18,24-25H,3,7-8,10,13-15,19-20H2,(H,33,37)/t24-,25+/m1/s1. The molecule has 202 valence electrons. The Kier molecular flexibility index (Phi) is 8.40. The fraction of sp³-hybridized carbons (Fsp3) is 0.379. The fourth-order valence-corrected chi connectivity index (χ4v) is 5.17. The predicted molar refractivity (Wildman–Crippen MR) is 143 cm³/mol. The van der Waals surface area contributed by atoms with Crippen LogP contribution in [-0.4, -0.2) is 81.8 Å². The molecular formula is C29H32N6O4. The Morgan fingerprint density at radius 2 is 1.85 bits per heavy atom. The van der Waals surface area contributed by atoms with Gasteiger partial charge in [-0.25, -0.2) is 4.98 Å². The average molecular weight is 529 g/mol. The second-order valence-electron chi connectivity index (χ2n) is 9.82. The summed E-state index contributed by atoms with van der Waals surface area (Å²) in [5, 5.41) is 3.05. The van der Waals surface area contributed by atoms with Crippen LogP contribution in [0.3, 0.4) is 0 Å². The Morgan fingerprint density at radius 1 is 0.974 bits per heavy atom. The number of carbonyl (C=O) groups is 3. The molecule has 2 aliphatic heterocycles. The lowest BCUT2D eigenvalue weighted by Crippen LogP contribution is -2.39. The molecule has 4 heterocycles. The highest BCUT2D eigenvalue weighted by Crippen LogP contribution is 2.35. The molecule has 1 saturated heterocycles. The smallest absolute Gasteiger partial charge is 0.274 e. The van der Waals surface area contributed by atoms with Crippen LogP contribution in [0.1, 0.15) is 40.4 Å². The molecule has 39 heavy (non-hydrogen) atoms. The summed E-state index contributed by atoms with van der Waals surface area (Å²) < 4.78 is 6.03. The maximum atomic E-state index is 13.4. The molecule has 10 nitrogen and oxygen atoms in total. The molecule has 1 fully saturated rings. The molecule has 0 saturated carbocycles. The third-order valence-corrected chi connectivity index (χ3v) is 7.25. The van der Waals surface area contributed by atoms with Crippen molar-refractivity contribution in [2.75, 3.05) is 39.3 Å². The number of nitrogens with one attached hydrogen (secondary N) is 1. The minimum atomic E-state index is -0.372. The van der Waals surface area contributed by atoms with Crippen LogP contribution in [0.15, 0.2) is 67.4 Å². The largest absolute Gasteiger partial charge is 0.492 e. The molecule has 5 rings (SSSR count). The average Bonchev–Trinajstić information content (AvgIpc) is 3.43. The first-order valence-electron chi connectivity index (χ1n) is 13.3. The molecule has 0 unspecified atom stereocenters. The lowest BCUT2D eigenvalue weighted by molar-refractivity contribution is -0.130. The molecule has 2 atom stereocenters. The van der Waals surface area contributed by atoms with E-state index in [9.17, 15) is 14.4 Å². The first-order valence-corrected chi connectivity index (χ1v) is 13.3. The van der Waals surface area contributed by atoms with Gasteiger partial charge in [0.1, 0.15) is 18.1 Å². The van der Waals surface area contributed by atoms with Crippen LogP contribution in [0.25, 0.3) is 0 Å². The fourth-order valence-electron chi connectivity index (χ4n) is 5.17. The van der Waals surface area contributed by atoms with Gasteiger partial charge in [-0.15, -0.1) is 0 Å². The number of nitrogens with zero attached hydrogens (tertiary/aromatic N) is 5. The number of ether oxygens (including phenoxy) is 1. The van der Waals surface area contributed by atoms with Gasteiger partial charge in [0.15, 0.2) is 0 Å². The molecule has 1 aromatic carbocycles. The Morgan fingerprint density at radius 3 is 2.67 bits per heavy atom. The first-order chi connectivity index (χ1) is 19.1. The number of benzene rings is 1. The molecule has 0 aliphatic carbocycles. The van der Waals surface area contributed by atoms with Gasteiger partial charge in [-0.3, -0.25) is 24.4 Å². The number of carbonyl (C=O) groups excluding carboxylic acids is 3. The highest BCUT2D eigenvalue weighted by molar-refractivity contribution is 5.92. The van der Waals surface area contributed by atoms with E-state index < -0.39 is 0 Å². The summed E-state index contributed by atoms with van der Waals surface area (Å²) >= 11 is 0. The van der Waals surface area contributed by atoms with Crippen molar-refractivity contribution in [1.29, 1.82) is 0 Å². The number of hydrogen-bond acceptors (Lipinski definition) is 7. The Hall–Kier alpha value is -4.34. The summed E-state index contributed by atoms with van der Waals surface area (Å²) in [4.78, 5) is 55.2. The van der Waals surface area contributed by atoms with Gasteiger partial charge in [0, 0.05) is 63.3 Å². The van der Waals surface area contributed by atoms with Crippen molar-refractivity contribution < 1.29 is 19.1 Å².